The van der Waals surface area contributed by atoms with Gasteiger partial charge in [0.25, 0.3) is 5.91 Å². The summed E-state index contributed by atoms with van der Waals surface area (Å²) >= 11 is 8.71. The second kappa shape index (κ2) is 10.4. The quantitative estimate of drug-likeness (QED) is 0.400. The van der Waals surface area contributed by atoms with Crippen molar-refractivity contribution in [2.24, 2.45) is 0 Å². The van der Waals surface area contributed by atoms with E-state index in [1.807, 2.05) is 13.0 Å². The summed E-state index contributed by atoms with van der Waals surface area (Å²) in [5.74, 6) is 1.88. The van der Waals surface area contributed by atoms with Crippen LogP contribution >= 0.6 is 28.1 Å². The van der Waals surface area contributed by atoms with E-state index in [1.165, 1.54) is 7.11 Å². The SMILES string of the molecule is CCOc1ccc(C(=O)NC(=S)Nc2cc(-c3ccc(CO)o3)ccc2OC)cc1Br. The number of benzene rings is 2. The van der Waals surface area contributed by atoms with Gasteiger partial charge >= 0.3 is 0 Å². The third kappa shape index (κ3) is 5.63. The van der Waals surface area contributed by atoms with E-state index in [-0.39, 0.29) is 17.6 Å². The highest BCUT2D eigenvalue weighted by Crippen LogP contribution is 2.32. The number of aliphatic hydroxyl groups is 1. The summed E-state index contributed by atoms with van der Waals surface area (Å²) in [4.78, 5) is 12.6. The van der Waals surface area contributed by atoms with Crippen LogP contribution in [0.3, 0.4) is 0 Å². The van der Waals surface area contributed by atoms with Crippen LogP contribution in [0.5, 0.6) is 11.5 Å². The Bertz CT molecular complexity index is 1100. The van der Waals surface area contributed by atoms with E-state index in [9.17, 15) is 9.90 Å². The minimum Gasteiger partial charge on any atom is -0.495 e. The lowest BCUT2D eigenvalue weighted by Gasteiger charge is -2.14. The van der Waals surface area contributed by atoms with Gasteiger partial charge in [0.1, 0.15) is 29.6 Å². The normalized spacial score (nSPS) is 10.5. The first-order valence-corrected chi connectivity index (χ1v) is 10.6. The topological polar surface area (TPSA) is 93.0 Å². The second-order valence-electron chi connectivity index (χ2n) is 6.33. The fourth-order valence-corrected chi connectivity index (χ4v) is 3.52. The summed E-state index contributed by atoms with van der Waals surface area (Å²) in [7, 11) is 1.54. The zero-order valence-electron chi connectivity index (χ0n) is 16.9. The summed E-state index contributed by atoms with van der Waals surface area (Å²) in [6, 6.07) is 13.9. The first-order chi connectivity index (χ1) is 14.9. The third-order valence-electron chi connectivity index (χ3n) is 4.27. The van der Waals surface area contributed by atoms with E-state index in [0.29, 0.717) is 45.3 Å². The van der Waals surface area contributed by atoms with Crippen LogP contribution in [0, 0.1) is 0 Å². The number of furan rings is 1. The van der Waals surface area contributed by atoms with Crippen LogP contribution in [0.25, 0.3) is 11.3 Å². The van der Waals surface area contributed by atoms with Crippen molar-refractivity contribution in [2.75, 3.05) is 19.0 Å². The molecule has 2 aromatic carbocycles. The molecule has 0 saturated carbocycles. The molecule has 0 radical (unpaired) electrons. The Labute approximate surface area is 193 Å². The smallest absolute Gasteiger partial charge is 0.257 e. The van der Waals surface area contributed by atoms with Gasteiger partial charge in [0.05, 0.1) is 23.9 Å². The van der Waals surface area contributed by atoms with E-state index in [1.54, 1.807) is 42.5 Å². The maximum atomic E-state index is 12.6. The second-order valence-corrected chi connectivity index (χ2v) is 7.59. The van der Waals surface area contributed by atoms with Crippen molar-refractivity contribution in [2.45, 2.75) is 13.5 Å². The molecule has 1 aromatic heterocycles. The summed E-state index contributed by atoms with van der Waals surface area (Å²) in [5, 5.41) is 15.0. The van der Waals surface area contributed by atoms with Gasteiger partial charge in [-0.1, -0.05) is 0 Å². The predicted octanol–water partition coefficient (Wildman–Crippen LogP) is 4.74. The van der Waals surface area contributed by atoms with Gasteiger partial charge in [-0.25, -0.2) is 0 Å². The molecule has 3 rings (SSSR count). The Morgan fingerprint density at radius 2 is 1.94 bits per heavy atom. The Morgan fingerprint density at radius 1 is 1.16 bits per heavy atom. The molecule has 31 heavy (non-hydrogen) atoms. The maximum absolute atomic E-state index is 12.6. The van der Waals surface area contributed by atoms with Gasteiger partial charge in [0, 0.05) is 11.1 Å². The number of nitrogens with one attached hydrogen (secondary N) is 2. The van der Waals surface area contributed by atoms with Crippen LogP contribution in [0.15, 0.2) is 57.4 Å². The number of hydrogen-bond donors (Lipinski definition) is 3. The molecular formula is C22H21BrN2O5S. The number of carbonyl (C=O) groups is 1. The molecule has 1 heterocycles. The molecule has 0 aliphatic carbocycles. The standard InChI is InChI=1S/C22H21BrN2O5S/c1-3-29-19-7-5-14(10-16(19)23)21(27)25-22(31)24-17-11-13(4-8-20(17)28-2)18-9-6-15(12-26)30-18/h4-11,26H,3,12H2,1-2H3,(H2,24,25,27,31). The van der Waals surface area contributed by atoms with E-state index < -0.39 is 0 Å². The highest BCUT2D eigenvalue weighted by molar-refractivity contribution is 9.10. The van der Waals surface area contributed by atoms with Crippen LogP contribution in [-0.2, 0) is 6.61 Å². The Balaban J connectivity index is 1.74. The first kappa shape index (κ1) is 22.8. The van der Waals surface area contributed by atoms with Crippen molar-refractivity contribution < 1.29 is 23.8 Å². The number of ether oxygens (including phenoxy) is 2. The fraction of sp³-hybridized carbons (Fsp3) is 0.182. The maximum Gasteiger partial charge on any atom is 0.257 e. The molecular weight excluding hydrogens is 484 g/mol. The minimum absolute atomic E-state index is 0.112. The lowest BCUT2D eigenvalue weighted by molar-refractivity contribution is 0.0977. The van der Waals surface area contributed by atoms with Gasteiger partial charge in [-0.05, 0) is 83.6 Å². The van der Waals surface area contributed by atoms with Crippen LogP contribution < -0.4 is 20.1 Å². The summed E-state index contributed by atoms with van der Waals surface area (Å²) in [6.45, 7) is 2.23. The molecule has 1 amide bonds. The Morgan fingerprint density at radius 3 is 2.58 bits per heavy atom. The average molecular weight is 505 g/mol. The number of aliphatic hydroxyl groups excluding tert-OH is 1. The molecule has 0 atom stereocenters. The number of halogens is 1. The number of thiocarbonyl (C=S) groups is 1. The van der Waals surface area contributed by atoms with Gasteiger partial charge in [0.2, 0.25) is 0 Å². The first-order valence-electron chi connectivity index (χ1n) is 9.37. The van der Waals surface area contributed by atoms with Crippen molar-refractivity contribution in [3.05, 3.63) is 64.3 Å². The molecule has 0 bridgehead atoms. The van der Waals surface area contributed by atoms with Crippen LogP contribution in [0.2, 0.25) is 0 Å². The Kier molecular flexibility index (Phi) is 7.67. The number of amides is 1. The van der Waals surface area contributed by atoms with E-state index >= 15 is 0 Å². The zero-order chi connectivity index (χ0) is 22.4. The molecule has 0 aliphatic heterocycles. The van der Waals surface area contributed by atoms with Crippen LogP contribution in [0.1, 0.15) is 23.0 Å². The number of anilines is 1. The highest BCUT2D eigenvalue weighted by atomic mass is 79.9. The fourth-order valence-electron chi connectivity index (χ4n) is 2.82. The third-order valence-corrected chi connectivity index (χ3v) is 5.09. The predicted molar refractivity (Wildman–Crippen MR) is 126 cm³/mol. The monoisotopic (exact) mass is 504 g/mol. The molecule has 0 spiro atoms. The highest BCUT2D eigenvalue weighted by Gasteiger charge is 2.14. The Hall–Kier alpha value is -2.88. The molecule has 0 aliphatic rings. The molecule has 0 unspecified atom stereocenters. The lowest BCUT2D eigenvalue weighted by atomic mass is 10.1. The van der Waals surface area contributed by atoms with E-state index in [2.05, 4.69) is 26.6 Å². The molecule has 9 heteroatoms. The van der Waals surface area contributed by atoms with Gasteiger partial charge in [-0.15, -0.1) is 0 Å². The number of hydrogen-bond acceptors (Lipinski definition) is 6. The average Bonchev–Trinajstić information content (AvgIpc) is 3.24. The van der Waals surface area contributed by atoms with Gasteiger partial charge in [0.15, 0.2) is 5.11 Å². The number of carbonyl (C=O) groups excluding carboxylic acids is 1. The van der Waals surface area contributed by atoms with Gasteiger partial charge in [-0.3, -0.25) is 10.1 Å². The van der Waals surface area contributed by atoms with E-state index in [4.69, 9.17) is 26.1 Å². The summed E-state index contributed by atoms with van der Waals surface area (Å²) < 4.78 is 17.1. The van der Waals surface area contributed by atoms with Crippen molar-refractivity contribution in [1.82, 2.24) is 5.32 Å². The zero-order valence-corrected chi connectivity index (χ0v) is 19.3. The van der Waals surface area contributed by atoms with Crippen molar-refractivity contribution in [3.8, 4) is 22.8 Å². The molecule has 0 fully saturated rings. The molecule has 0 saturated heterocycles. The molecule has 3 aromatic rings. The summed E-state index contributed by atoms with van der Waals surface area (Å²) in [5.41, 5.74) is 1.74. The van der Waals surface area contributed by atoms with Crippen molar-refractivity contribution >= 4 is 44.9 Å². The van der Waals surface area contributed by atoms with Crippen LogP contribution in [-0.4, -0.2) is 29.8 Å². The van der Waals surface area contributed by atoms with Crippen LogP contribution in [0.4, 0.5) is 5.69 Å². The van der Waals surface area contributed by atoms with Crippen molar-refractivity contribution in [1.29, 1.82) is 0 Å². The molecule has 3 N–H and O–H groups in total. The number of methoxy groups -OCH3 is 1. The largest absolute Gasteiger partial charge is 0.495 e. The molecule has 162 valence electrons. The summed E-state index contributed by atoms with van der Waals surface area (Å²) in [6.07, 6.45) is 0. The lowest BCUT2D eigenvalue weighted by Crippen LogP contribution is -2.34. The van der Waals surface area contributed by atoms with Crippen molar-refractivity contribution in [3.63, 3.8) is 0 Å². The van der Waals surface area contributed by atoms with Gasteiger partial charge < -0.3 is 24.3 Å². The number of rotatable bonds is 7. The minimum atomic E-state index is -0.366. The van der Waals surface area contributed by atoms with E-state index in [0.717, 1.165) is 5.56 Å². The van der Waals surface area contributed by atoms with Gasteiger partial charge in [-0.2, -0.15) is 0 Å². The molecule has 7 nitrogen and oxygen atoms in total.